The Balaban J connectivity index is 2.99. The molecule has 1 aromatic rings. The lowest BCUT2D eigenvalue weighted by Crippen LogP contribution is -2.31. The van der Waals surface area contributed by atoms with Crippen LogP contribution in [0.3, 0.4) is 0 Å². The number of hydrogen-bond donors (Lipinski definition) is 3. The quantitative estimate of drug-likeness (QED) is 0.518. The highest BCUT2D eigenvalue weighted by Gasteiger charge is 2.18. The van der Waals surface area contributed by atoms with Gasteiger partial charge in [0.25, 0.3) is 0 Å². The number of nitrogens with two attached hydrogens (primary N) is 1. The fourth-order valence-corrected chi connectivity index (χ4v) is 3.38. The van der Waals surface area contributed by atoms with Crippen LogP contribution in [-0.2, 0) is 20.0 Å². The average molecular weight is 434 g/mol. The Hall–Kier alpha value is -0.760. The van der Waals surface area contributed by atoms with Gasteiger partial charge in [0.15, 0.2) is 0 Å². The van der Waals surface area contributed by atoms with E-state index in [-0.39, 0.29) is 10.5 Å². The summed E-state index contributed by atoms with van der Waals surface area (Å²) < 4.78 is 47.6. The van der Waals surface area contributed by atoms with Crippen molar-refractivity contribution in [2.24, 2.45) is 5.14 Å². The third-order valence-electron chi connectivity index (χ3n) is 2.16. The molecule has 8 nitrogen and oxygen atoms in total. The third kappa shape index (κ3) is 4.97. The number of aromatic carboxylic acids is 1. The van der Waals surface area contributed by atoms with Crippen molar-refractivity contribution in [2.75, 3.05) is 12.3 Å². The largest absolute Gasteiger partial charge is 0.478 e. The molecule has 11 heteroatoms. The van der Waals surface area contributed by atoms with Crippen molar-refractivity contribution >= 4 is 48.6 Å². The van der Waals surface area contributed by atoms with Crippen molar-refractivity contribution in [1.82, 2.24) is 4.72 Å². The summed E-state index contributed by atoms with van der Waals surface area (Å²) >= 11 is 1.77. The van der Waals surface area contributed by atoms with Crippen LogP contribution in [0.4, 0.5) is 0 Å². The molecule has 0 bridgehead atoms. The number of rotatable bonds is 6. The molecule has 0 spiro atoms. The zero-order valence-corrected chi connectivity index (χ0v) is 13.7. The zero-order chi connectivity index (χ0) is 15.6. The first-order valence-corrected chi connectivity index (χ1v) is 9.33. The first kappa shape index (κ1) is 17.3. The van der Waals surface area contributed by atoms with E-state index in [1.807, 2.05) is 4.72 Å². The minimum Gasteiger partial charge on any atom is -0.478 e. The number of carbonyl (C=O) groups is 1. The van der Waals surface area contributed by atoms with Gasteiger partial charge in [0, 0.05) is 10.1 Å². The van der Waals surface area contributed by atoms with Crippen molar-refractivity contribution in [3.05, 3.63) is 27.3 Å². The first-order chi connectivity index (χ1) is 9.03. The van der Waals surface area contributed by atoms with E-state index < -0.39 is 38.3 Å². The second kappa shape index (κ2) is 6.34. The summed E-state index contributed by atoms with van der Waals surface area (Å²) in [4.78, 5) is 10.7. The fraction of sp³-hybridized carbons (Fsp3) is 0.222. The molecule has 0 aliphatic heterocycles. The van der Waals surface area contributed by atoms with Crippen LogP contribution in [0, 0.1) is 3.57 Å². The Morgan fingerprint density at radius 2 is 1.90 bits per heavy atom. The lowest BCUT2D eigenvalue weighted by atomic mass is 10.2. The number of sulfonamides is 2. The van der Waals surface area contributed by atoms with Gasteiger partial charge in [0.2, 0.25) is 20.0 Å². The molecule has 1 rings (SSSR count). The molecule has 1 aromatic carbocycles. The van der Waals surface area contributed by atoms with Gasteiger partial charge in [-0.3, -0.25) is 0 Å². The summed E-state index contributed by atoms with van der Waals surface area (Å²) in [5.74, 6) is -1.81. The average Bonchev–Trinajstić information content (AvgIpc) is 2.26. The van der Waals surface area contributed by atoms with Crippen LogP contribution in [0.5, 0.6) is 0 Å². The summed E-state index contributed by atoms with van der Waals surface area (Å²) in [6.45, 7) is -0.393. The highest BCUT2D eigenvalue weighted by atomic mass is 127. The topological polar surface area (TPSA) is 144 Å². The summed E-state index contributed by atoms with van der Waals surface area (Å²) in [5.41, 5.74) is -0.153. The number of primary sulfonamides is 1. The van der Waals surface area contributed by atoms with Gasteiger partial charge in [-0.1, -0.05) is 0 Å². The molecule has 4 N–H and O–H groups in total. The van der Waals surface area contributed by atoms with Crippen LogP contribution in [0.15, 0.2) is 23.1 Å². The van der Waals surface area contributed by atoms with Gasteiger partial charge in [0.1, 0.15) is 0 Å². The van der Waals surface area contributed by atoms with E-state index in [0.29, 0.717) is 3.57 Å². The maximum atomic E-state index is 11.9. The number of nitrogens with one attached hydrogen (secondary N) is 1. The van der Waals surface area contributed by atoms with Crippen LogP contribution in [0.2, 0.25) is 0 Å². The monoisotopic (exact) mass is 434 g/mol. The van der Waals surface area contributed by atoms with E-state index in [1.54, 1.807) is 22.6 Å². The Morgan fingerprint density at radius 3 is 2.40 bits per heavy atom. The van der Waals surface area contributed by atoms with Gasteiger partial charge < -0.3 is 5.11 Å². The molecule has 0 radical (unpaired) electrons. The van der Waals surface area contributed by atoms with Crippen molar-refractivity contribution < 1.29 is 26.7 Å². The Bertz CT molecular complexity index is 729. The highest BCUT2D eigenvalue weighted by Crippen LogP contribution is 2.17. The molecule has 0 amide bonds. The third-order valence-corrected chi connectivity index (χ3v) is 5.33. The highest BCUT2D eigenvalue weighted by molar-refractivity contribution is 14.1. The molecule has 0 aliphatic rings. The SMILES string of the molecule is NS(=O)(=O)CCNS(=O)(=O)c1ccc(I)c(C(=O)O)c1. The number of carboxylic acids is 1. The van der Waals surface area contributed by atoms with E-state index in [0.717, 1.165) is 6.07 Å². The lowest BCUT2D eigenvalue weighted by molar-refractivity contribution is 0.0695. The summed E-state index contributed by atoms with van der Waals surface area (Å²) in [6, 6.07) is 3.58. The van der Waals surface area contributed by atoms with Crippen molar-refractivity contribution in [1.29, 1.82) is 0 Å². The predicted molar refractivity (Wildman–Crippen MR) is 79.3 cm³/mol. The molecule has 0 aromatic heterocycles. The van der Waals surface area contributed by atoms with E-state index in [1.165, 1.54) is 12.1 Å². The Morgan fingerprint density at radius 1 is 1.30 bits per heavy atom. The summed E-state index contributed by atoms with van der Waals surface area (Å²) in [6.07, 6.45) is 0. The Labute approximate surface area is 129 Å². The van der Waals surface area contributed by atoms with Gasteiger partial charge in [0.05, 0.1) is 16.2 Å². The molecular weight excluding hydrogens is 423 g/mol. The van der Waals surface area contributed by atoms with E-state index in [9.17, 15) is 21.6 Å². The molecule has 0 unspecified atom stereocenters. The molecule has 0 aliphatic carbocycles. The molecule has 0 fully saturated rings. The standard InChI is InChI=1S/C9H11IN2O6S2/c10-8-2-1-6(5-7(8)9(13)14)20(17,18)12-3-4-19(11,15)16/h1-2,5,12H,3-4H2,(H,13,14)(H2,11,15,16). The number of hydrogen-bond acceptors (Lipinski definition) is 5. The minimum atomic E-state index is -3.99. The maximum absolute atomic E-state index is 11.9. The molecule has 0 atom stereocenters. The molecule has 0 heterocycles. The molecule has 112 valence electrons. The lowest BCUT2D eigenvalue weighted by Gasteiger charge is -2.07. The molecule has 0 saturated carbocycles. The van der Waals surface area contributed by atoms with Crippen LogP contribution in [0.1, 0.15) is 10.4 Å². The molecule has 20 heavy (non-hydrogen) atoms. The number of halogens is 1. The van der Waals surface area contributed by atoms with Gasteiger partial charge in [-0.15, -0.1) is 0 Å². The Kier molecular flexibility index (Phi) is 5.48. The summed E-state index contributed by atoms with van der Waals surface area (Å²) in [7, 11) is -7.77. The molecule has 0 saturated heterocycles. The van der Waals surface area contributed by atoms with Crippen LogP contribution in [0.25, 0.3) is 0 Å². The van der Waals surface area contributed by atoms with Crippen molar-refractivity contribution in [3.63, 3.8) is 0 Å². The van der Waals surface area contributed by atoms with Gasteiger partial charge in [-0.05, 0) is 40.8 Å². The maximum Gasteiger partial charge on any atom is 0.336 e. The predicted octanol–water partition coefficient (Wildman–Crippen LogP) is -0.444. The van der Waals surface area contributed by atoms with Gasteiger partial charge in [-0.25, -0.2) is 31.5 Å². The molecular formula is C9H11IN2O6S2. The van der Waals surface area contributed by atoms with Crippen LogP contribution >= 0.6 is 22.6 Å². The van der Waals surface area contributed by atoms with E-state index >= 15 is 0 Å². The van der Waals surface area contributed by atoms with Crippen molar-refractivity contribution in [2.45, 2.75) is 4.90 Å². The van der Waals surface area contributed by atoms with Crippen LogP contribution in [-0.4, -0.2) is 40.2 Å². The van der Waals surface area contributed by atoms with E-state index in [4.69, 9.17) is 10.2 Å². The van der Waals surface area contributed by atoms with Crippen LogP contribution < -0.4 is 9.86 Å². The van der Waals surface area contributed by atoms with Crippen molar-refractivity contribution in [3.8, 4) is 0 Å². The fourth-order valence-electron chi connectivity index (χ4n) is 1.24. The number of benzene rings is 1. The van der Waals surface area contributed by atoms with Gasteiger partial charge >= 0.3 is 5.97 Å². The zero-order valence-electron chi connectivity index (χ0n) is 9.91. The smallest absolute Gasteiger partial charge is 0.336 e. The van der Waals surface area contributed by atoms with E-state index in [2.05, 4.69) is 0 Å². The number of carboxylic acid groups (broad SMARTS) is 1. The second-order valence-corrected chi connectivity index (χ2v) is 8.37. The summed E-state index contributed by atoms with van der Waals surface area (Å²) in [5, 5.41) is 13.7. The van der Waals surface area contributed by atoms with Gasteiger partial charge in [-0.2, -0.15) is 0 Å². The first-order valence-electron chi connectivity index (χ1n) is 5.06. The normalized spacial score (nSPS) is 12.3. The minimum absolute atomic E-state index is 0.153. The second-order valence-electron chi connectivity index (χ2n) is 3.71.